The van der Waals surface area contributed by atoms with E-state index in [2.05, 4.69) is 34.6 Å². The highest BCUT2D eigenvalue weighted by Crippen LogP contribution is 2.28. The molecular formula is C20H21N3O2S. The molecule has 2 heterocycles. The maximum atomic E-state index is 12.4. The van der Waals surface area contributed by atoms with E-state index in [0.717, 1.165) is 17.9 Å². The van der Waals surface area contributed by atoms with E-state index < -0.39 is 0 Å². The summed E-state index contributed by atoms with van der Waals surface area (Å²) < 4.78 is 0. The first-order valence-electron chi connectivity index (χ1n) is 8.88. The Morgan fingerprint density at radius 2 is 1.85 bits per heavy atom. The van der Waals surface area contributed by atoms with Crippen molar-refractivity contribution in [2.45, 2.75) is 36.4 Å². The Morgan fingerprint density at radius 3 is 2.54 bits per heavy atom. The minimum atomic E-state index is -0.0944. The van der Waals surface area contributed by atoms with Crippen molar-refractivity contribution < 1.29 is 9.59 Å². The number of nitrogens with zero attached hydrogens (tertiary/aromatic N) is 2. The second-order valence-electron chi connectivity index (χ2n) is 6.80. The minimum absolute atomic E-state index is 0.0463. The number of fused-ring (bicyclic) bond motifs is 1. The van der Waals surface area contributed by atoms with E-state index in [-0.39, 0.29) is 23.9 Å². The monoisotopic (exact) mass is 367 g/mol. The predicted molar refractivity (Wildman–Crippen MR) is 101 cm³/mol. The summed E-state index contributed by atoms with van der Waals surface area (Å²) in [6.45, 7) is 0.609. The molecule has 4 rings (SSSR count). The molecule has 1 aliphatic carbocycles. The number of hydrogen-bond donors (Lipinski definition) is 1. The molecule has 2 aliphatic rings. The van der Waals surface area contributed by atoms with E-state index in [0.29, 0.717) is 18.7 Å². The molecule has 2 amide bonds. The highest BCUT2D eigenvalue weighted by Gasteiger charge is 2.37. The minimum Gasteiger partial charge on any atom is -0.350 e. The van der Waals surface area contributed by atoms with E-state index in [1.165, 1.54) is 22.9 Å². The summed E-state index contributed by atoms with van der Waals surface area (Å²) >= 11 is 1.41. The fourth-order valence-corrected chi connectivity index (χ4v) is 4.45. The van der Waals surface area contributed by atoms with Gasteiger partial charge in [0, 0.05) is 25.2 Å². The van der Waals surface area contributed by atoms with E-state index in [4.69, 9.17) is 0 Å². The van der Waals surface area contributed by atoms with Gasteiger partial charge in [-0.1, -0.05) is 42.1 Å². The molecule has 0 saturated carbocycles. The smallest absolute Gasteiger partial charge is 0.230 e. The van der Waals surface area contributed by atoms with Crippen molar-refractivity contribution in [2.24, 2.45) is 0 Å². The second kappa shape index (κ2) is 7.50. The standard InChI is InChI=1S/C20H21N3O2S/c24-18(13-26-19-7-3-4-8-21-19)22-16-11-20(25)23(12-16)17-9-14-5-1-2-6-15(14)10-17/h1-8,16-17H,9-13H2,(H,22,24)/t16-/m0/s1. The van der Waals surface area contributed by atoms with Crippen LogP contribution in [0.3, 0.4) is 0 Å². The zero-order valence-electron chi connectivity index (χ0n) is 14.4. The van der Waals surface area contributed by atoms with Crippen molar-refractivity contribution in [3.63, 3.8) is 0 Å². The number of carbonyl (C=O) groups excluding carboxylic acids is 2. The molecule has 5 nitrogen and oxygen atoms in total. The summed E-state index contributed by atoms with van der Waals surface area (Å²) in [4.78, 5) is 30.8. The highest BCUT2D eigenvalue weighted by molar-refractivity contribution is 7.99. The van der Waals surface area contributed by atoms with Gasteiger partial charge in [0.25, 0.3) is 0 Å². The molecular weight excluding hydrogens is 346 g/mol. The van der Waals surface area contributed by atoms with Crippen LogP contribution in [-0.2, 0) is 22.4 Å². The average Bonchev–Trinajstić information content (AvgIpc) is 3.23. The number of carbonyl (C=O) groups is 2. The van der Waals surface area contributed by atoms with Crippen LogP contribution in [0, 0.1) is 0 Å². The van der Waals surface area contributed by atoms with E-state index in [1.807, 2.05) is 23.1 Å². The van der Waals surface area contributed by atoms with Crippen LogP contribution in [0.25, 0.3) is 0 Å². The van der Waals surface area contributed by atoms with Crippen LogP contribution in [0.2, 0.25) is 0 Å². The Hall–Kier alpha value is -2.34. The molecule has 1 aromatic carbocycles. The third-order valence-corrected chi connectivity index (χ3v) is 5.93. The lowest BCUT2D eigenvalue weighted by Crippen LogP contribution is -2.41. The van der Waals surface area contributed by atoms with Crippen molar-refractivity contribution in [1.82, 2.24) is 15.2 Å². The first-order valence-corrected chi connectivity index (χ1v) is 9.87. The van der Waals surface area contributed by atoms with Crippen molar-refractivity contribution in [3.8, 4) is 0 Å². The van der Waals surface area contributed by atoms with E-state index in [1.54, 1.807) is 6.20 Å². The molecule has 1 saturated heterocycles. The Bertz CT molecular complexity index is 787. The van der Waals surface area contributed by atoms with Crippen molar-refractivity contribution in [1.29, 1.82) is 0 Å². The summed E-state index contributed by atoms with van der Waals surface area (Å²) in [7, 11) is 0. The van der Waals surface area contributed by atoms with Crippen molar-refractivity contribution >= 4 is 23.6 Å². The molecule has 1 N–H and O–H groups in total. The Morgan fingerprint density at radius 1 is 1.12 bits per heavy atom. The lowest BCUT2D eigenvalue weighted by molar-refractivity contribution is -0.129. The number of aromatic nitrogens is 1. The predicted octanol–water partition coefficient (Wildman–Crippen LogP) is 2.06. The number of benzene rings is 1. The topological polar surface area (TPSA) is 62.3 Å². The van der Waals surface area contributed by atoms with Gasteiger partial charge < -0.3 is 10.2 Å². The van der Waals surface area contributed by atoms with Crippen LogP contribution in [-0.4, -0.2) is 46.1 Å². The number of hydrogen-bond acceptors (Lipinski definition) is 4. The summed E-state index contributed by atoms with van der Waals surface area (Å²) in [6.07, 6.45) is 3.94. The molecule has 1 atom stereocenters. The van der Waals surface area contributed by atoms with Crippen molar-refractivity contribution in [3.05, 3.63) is 59.8 Å². The summed E-state index contributed by atoms with van der Waals surface area (Å²) in [5.74, 6) is 0.414. The van der Waals surface area contributed by atoms with Gasteiger partial charge in [-0.3, -0.25) is 9.59 Å². The highest BCUT2D eigenvalue weighted by atomic mass is 32.2. The van der Waals surface area contributed by atoms with Gasteiger partial charge in [-0.05, 0) is 36.1 Å². The number of amides is 2. The van der Waals surface area contributed by atoms with Crippen LogP contribution in [0.1, 0.15) is 17.5 Å². The third kappa shape index (κ3) is 3.75. The average molecular weight is 367 g/mol. The maximum Gasteiger partial charge on any atom is 0.230 e. The number of thioether (sulfide) groups is 1. The molecule has 0 unspecified atom stereocenters. The Kier molecular flexibility index (Phi) is 4.93. The lowest BCUT2D eigenvalue weighted by atomic mass is 10.1. The zero-order valence-corrected chi connectivity index (χ0v) is 15.2. The number of rotatable bonds is 5. The molecule has 1 fully saturated rings. The van der Waals surface area contributed by atoms with Crippen LogP contribution in [0.4, 0.5) is 0 Å². The SMILES string of the molecule is O=C(CSc1ccccn1)N[C@H]1CC(=O)N(C2Cc3ccccc3C2)C1. The van der Waals surface area contributed by atoms with E-state index >= 15 is 0 Å². The first kappa shape index (κ1) is 17.1. The van der Waals surface area contributed by atoms with Crippen LogP contribution in [0.5, 0.6) is 0 Å². The largest absolute Gasteiger partial charge is 0.350 e. The molecule has 134 valence electrons. The quantitative estimate of drug-likeness (QED) is 0.822. The van der Waals surface area contributed by atoms with Gasteiger partial charge in [-0.15, -0.1) is 0 Å². The molecule has 1 aliphatic heterocycles. The van der Waals surface area contributed by atoms with Gasteiger partial charge in [0.05, 0.1) is 16.8 Å². The molecule has 0 spiro atoms. The Labute approximate surface area is 157 Å². The number of nitrogens with one attached hydrogen (secondary N) is 1. The van der Waals surface area contributed by atoms with Gasteiger partial charge in [0.2, 0.25) is 11.8 Å². The number of pyridine rings is 1. The summed E-state index contributed by atoms with van der Waals surface area (Å²) in [6, 6.07) is 14.2. The first-order chi connectivity index (χ1) is 12.7. The third-order valence-electron chi connectivity index (χ3n) is 4.98. The molecule has 0 radical (unpaired) electrons. The maximum absolute atomic E-state index is 12.4. The van der Waals surface area contributed by atoms with Crippen LogP contribution < -0.4 is 5.32 Å². The fraction of sp³-hybridized carbons (Fsp3) is 0.350. The Balaban J connectivity index is 1.29. The molecule has 6 heteroatoms. The van der Waals surface area contributed by atoms with Gasteiger partial charge in [0.15, 0.2) is 0 Å². The zero-order chi connectivity index (χ0) is 17.9. The summed E-state index contributed by atoms with van der Waals surface area (Å²) in [5.41, 5.74) is 2.68. The lowest BCUT2D eigenvalue weighted by Gasteiger charge is -2.24. The fourth-order valence-electron chi connectivity index (χ4n) is 3.78. The van der Waals surface area contributed by atoms with Crippen LogP contribution in [0.15, 0.2) is 53.7 Å². The van der Waals surface area contributed by atoms with Gasteiger partial charge in [-0.2, -0.15) is 0 Å². The van der Waals surface area contributed by atoms with Gasteiger partial charge in [0.1, 0.15) is 0 Å². The van der Waals surface area contributed by atoms with Crippen LogP contribution >= 0.6 is 11.8 Å². The normalized spacial score (nSPS) is 19.6. The molecule has 26 heavy (non-hydrogen) atoms. The molecule has 0 bridgehead atoms. The molecule has 1 aromatic heterocycles. The molecule has 2 aromatic rings. The van der Waals surface area contributed by atoms with Gasteiger partial charge in [-0.25, -0.2) is 4.98 Å². The number of likely N-dealkylation sites (tertiary alicyclic amines) is 1. The summed E-state index contributed by atoms with van der Waals surface area (Å²) in [5, 5.41) is 3.83. The van der Waals surface area contributed by atoms with Crippen molar-refractivity contribution in [2.75, 3.05) is 12.3 Å². The second-order valence-corrected chi connectivity index (χ2v) is 7.80. The van der Waals surface area contributed by atoms with Gasteiger partial charge >= 0.3 is 0 Å². The van der Waals surface area contributed by atoms with E-state index in [9.17, 15) is 9.59 Å².